The number of aromatic nitrogens is 1. The fourth-order valence-electron chi connectivity index (χ4n) is 4.29. The first-order chi connectivity index (χ1) is 13.2. The van der Waals surface area contributed by atoms with Crippen molar-refractivity contribution in [2.45, 2.75) is 26.2 Å². The molecule has 5 heteroatoms. The highest BCUT2D eigenvalue weighted by Crippen LogP contribution is 2.26. The molecule has 1 amide bonds. The molecule has 0 saturated carbocycles. The number of hydrogen-bond acceptors (Lipinski definition) is 4. The predicted octanol–water partition coefficient (Wildman–Crippen LogP) is 3.01. The summed E-state index contributed by atoms with van der Waals surface area (Å²) in [4.78, 5) is 24.3. The van der Waals surface area contributed by atoms with Crippen molar-refractivity contribution in [1.29, 1.82) is 0 Å². The van der Waals surface area contributed by atoms with E-state index in [2.05, 4.69) is 45.9 Å². The number of hydrogen-bond donors (Lipinski definition) is 0. The van der Waals surface area contributed by atoms with Gasteiger partial charge in [-0.15, -0.1) is 0 Å². The first-order valence-corrected chi connectivity index (χ1v) is 10.3. The van der Waals surface area contributed by atoms with Crippen LogP contribution in [0, 0.1) is 5.92 Å². The molecule has 1 aromatic carbocycles. The number of piperidine rings is 1. The second-order valence-corrected chi connectivity index (χ2v) is 7.81. The van der Waals surface area contributed by atoms with Gasteiger partial charge >= 0.3 is 0 Å². The predicted molar refractivity (Wildman–Crippen MR) is 110 cm³/mol. The quantitative estimate of drug-likeness (QED) is 0.834. The Balaban J connectivity index is 1.29. The molecule has 0 atom stereocenters. The molecule has 2 aromatic rings. The van der Waals surface area contributed by atoms with Gasteiger partial charge in [0.25, 0.3) is 0 Å². The number of piperazine rings is 1. The van der Waals surface area contributed by atoms with Crippen LogP contribution in [-0.2, 0) is 4.79 Å². The summed E-state index contributed by atoms with van der Waals surface area (Å²) < 4.78 is 0. The number of likely N-dealkylation sites (N-methyl/N-ethyl adjacent to an activating group) is 1. The zero-order chi connectivity index (χ0) is 18.6. The van der Waals surface area contributed by atoms with Crippen molar-refractivity contribution < 1.29 is 4.79 Å². The molecule has 2 saturated heterocycles. The molecule has 0 unspecified atom stereocenters. The molecule has 0 bridgehead atoms. The van der Waals surface area contributed by atoms with Gasteiger partial charge in [0.05, 0.1) is 5.52 Å². The van der Waals surface area contributed by atoms with Gasteiger partial charge in [0.2, 0.25) is 5.91 Å². The molecule has 2 aliphatic rings. The van der Waals surface area contributed by atoms with Crippen LogP contribution in [0.2, 0.25) is 0 Å². The molecule has 0 aliphatic carbocycles. The molecule has 2 fully saturated rings. The van der Waals surface area contributed by atoms with E-state index in [-0.39, 0.29) is 0 Å². The minimum Gasteiger partial charge on any atom is -0.357 e. The molecule has 0 N–H and O–H groups in total. The number of fused-ring (bicyclic) bond motifs is 1. The van der Waals surface area contributed by atoms with E-state index in [1.807, 2.05) is 12.1 Å². The SMILES string of the molecule is CCN1CCN(C(=O)CC2CCN(c3ccc4ccccc4n3)CC2)CC1. The highest BCUT2D eigenvalue weighted by atomic mass is 16.2. The maximum atomic E-state index is 12.6. The third-order valence-corrected chi connectivity index (χ3v) is 6.16. The molecule has 1 aromatic heterocycles. The number of benzene rings is 1. The summed E-state index contributed by atoms with van der Waals surface area (Å²) in [5.41, 5.74) is 1.05. The monoisotopic (exact) mass is 366 g/mol. The lowest BCUT2D eigenvalue weighted by Crippen LogP contribution is -2.49. The first kappa shape index (κ1) is 18.2. The summed E-state index contributed by atoms with van der Waals surface area (Å²) in [7, 11) is 0. The van der Waals surface area contributed by atoms with Gasteiger partial charge in [-0.25, -0.2) is 4.98 Å². The third kappa shape index (κ3) is 4.24. The van der Waals surface area contributed by atoms with Gasteiger partial charge in [-0.1, -0.05) is 25.1 Å². The van der Waals surface area contributed by atoms with Crippen LogP contribution < -0.4 is 4.90 Å². The van der Waals surface area contributed by atoms with Crippen LogP contribution in [0.15, 0.2) is 36.4 Å². The van der Waals surface area contributed by atoms with Crippen LogP contribution in [0.25, 0.3) is 10.9 Å². The smallest absolute Gasteiger partial charge is 0.222 e. The second-order valence-electron chi connectivity index (χ2n) is 7.81. The van der Waals surface area contributed by atoms with E-state index in [4.69, 9.17) is 4.98 Å². The van der Waals surface area contributed by atoms with Crippen molar-refractivity contribution in [2.24, 2.45) is 5.92 Å². The van der Waals surface area contributed by atoms with Gasteiger partial charge in [0.15, 0.2) is 0 Å². The number of nitrogens with zero attached hydrogens (tertiary/aromatic N) is 4. The number of carbonyl (C=O) groups is 1. The average Bonchev–Trinajstić information content (AvgIpc) is 2.74. The Morgan fingerprint density at radius 3 is 2.48 bits per heavy atom. The van der Waals surface area contributed by atoms with Crippen LogP contribution in [-0.4, -0.2) is 66.5 Å². The lowest BCUT2D eigenvalue weighted by atomic mass is 9.93. The fourth-order valence-corrected chi connectivity index (χ4v) is 4.29. The van der Waals surface area contributed by atoms with Crippen LogP contribution in [0.1, 0.15) is 26.2 Å². The van der Waals surface area contributed by atoms with Crippen molar-refractivity contribution in [3.63, 3.8) is 0 Å². The maximum Gasteiger partial charge on any atom is 0.222 e. The summed E-state index contributed by atoms with van der Waals surface area (Å²) in [6.45, 7) is 9.10. The molecule has 4 rings (SSSR count). The number of anilines is 1. The van der Waals surface area contributed by atoms with Gasteiger partial charge in [-0.05, 0) is 43.5 Å². The molecule has 5 nitrogen and oxygen atoms in total. The Kier molecular flexibility index (Phi) is 5.58. The van der Waals surface area contributed by atoms with Crippen molar-refractivity contribution in [3.05, 3.63) is 36.4 Å². The maximum absolute atomic E-state index is 12.6. The van der Waals surface area contributed by atoms with E-state index < -0.39 is 0 Å². The topological polar surface area (TPSA) is 39.7 Å². The van der Waals surface area contributed by atoms with E-state index in [9.17, 15) is 4.79 Å². The second kappa shape index (κ2) is 8.26. The minimum absolute atomic E-state index is 0.355. The summed E-state index contributed by atoms with van der Waals surface area (Å²) in [6, 6.07) is 12.5. The molecule has 0 spiro atoms. The zero-order valence-corrected chi connectivity index (χ0v) is 16.3. The lowest BCUT2D eigenvalue weighted by Gasteiger charge is -2.36. The van der Waals surface area contributed by atoms with Crippen LogP contribution in [0.5, 0.6) is 0 Å². The van der Waals surface area contributed by atoms with Crippen molar-refractivity contribution in [1.82, 2.24) is 14.8 Å². The number of amides is 1. The van der Waals surface area contributed by atoms with Crippen LogP contribution >= 0.6 is 0 Å². The van der Waals surface area contributed by atoms with E-state index >= 15 is 0 Å². The average molecular weight is 367 g/mol. The molecule has 27 heavy (non-hydrogen) atoms. The molecule has 2 aliphatic heterocycles. The van der Waals surface area contributed by atoms with E-state index in [0.717, 1.165) is 70.0 Å². The van der Waals surface area contributed by atoms with Gasteiger partial charge in [0, 0.05) is 51.1 Å². The standard InChI is InChI=1S/C22H30N4O/c1-2-24-13-15-26(16-14-24)22(27)17-18-9-11-25(12-10-18)21-8-7-19-5-3-4-6-20(19)23-21/h3-8,18H,2,9-17H2,1H3. The summed E-state index contributed by atoms with van der Waals surface area (Å²) in [5.74, 6) is 1.93. The number of pyridine rings is 1. The van der Waals surface area contributed by atoms with E-state index in [1.165, 1.54) is 5.39 Å². The Bertz CT molecular complexity index is 777. The lowest BCUT2D eigenvalue weighted by molar-refractivity contribution is -0.134. The molecular formula is C22H30N4O. The Morgan fingerprint density at radius 2 is 1.74 bits per heavy atom. The van der Waals surface area contributed by atoms with Gasteiger partial charge in [-0.3, -0.25) is 4.79 Å². The number of para-hydroxylation sites is 1. The summed E-state index contributed by atoms with van der Waals surface area (Å²) >= 11 is 0. The summed E-state index contributed by atoms with van der Waals surface area (Å²) in [6.07, 6.45) is 2.87. The van der Waals surface area contributed by atoms with Gasteiger partial charge < -0.3 is 14.7 Å². The minimum atomic E-state index is 0.355. The number of rotatable bonds is 4. The summed E-state index contributed by atoms with van der Waals surface area (Å²) in [5, 5.41) is 1.19. The zero-order valence-electron chi connectivity index (χ0n) is 16.3. The van der Waals surface area contributed by atoms with Crippen LogP contribution in [0.3, 0.4) is 0 Å². The highest BCUT2D eigenvalue weighted by Gasteiger charge is 2.26. The largest absolute Gasteiger partial charge is 0.357 e. The molecular weight excluding hydrogens is 336 g/mol. The Morgan fingerprint density at radius 1 is 1.00 bits per heavy atom. The normalized spacial score (nSPS) is 19.6. The van der Waals surface area contributed by atoms with Gasteiger partial charge in [0.1, 0.15) is 5.82 Å². The van der Waals surface area contributed by atoms with E-state index in [0.29, 0.717) is 18.2 Å². The van der Waals surface area contributed by atoms with Gasteiger partial charge in [-0.2, -0.15) is 0 Å². The Labute approximate surface area is 162 Å². The fraction of sp³-hybridized carbons (Fsp3) is 0.545. The molecule has 144 valence electrons. The van der Waals surface area contributed by atoms with E-state index in [1.54, 1.807) is 0 Å². The first-order valence-electron chi connectivity index (χ1n) is 10.3. The van der Waals surface area contributed by atoms with Crippen molar-refractivity contribution >= 4 is 22.6 Å². The highest BCUT2D eigenvalue weighted by molar-refractivity contribution is 5.80. The van der Waals surface area contributed by atoms with Crippen molar-refractivity contribution in [3.8, 4) is 0 Å². The number of carbonyl (C=O) groups excluding carboxylic acids is 1. The van der Waals surface area contributed by atoms with Crippen molar-refractivity contribution in [2.75, 3.05) is 50.7 Å². The van der Waals surface area contributed by atoms with Crippen LogP contribution in [0.4, 0.5) is 5.82 Å². The third-order valence-electron chi connectivity index (χ3n) is 6.16. The molecule has 0 radical (unpaired) electrons. The Hall–Kier alpha value is -2.14. The molecule has 3 heterocycles.